The molecule has 0 aliphatic heterocycles. The second kappa shape index (κ2) is 7.51. The van der Waals surface area contributed by atoms with Gasteiger partial charge in [0.05, 0.1) is 0 Å². The van der Waals surface area contributed by atoms with Crippen LogP contribution in [0.15, 0.2) is 41.9 Å². The summed E-state index contributed by atoms with van der Waals surface area (Å²) in [7, 11) is 0. The minimum atomic E-state index is 1.04. The Morgan fingerprint density at radius 1 is 1.18 bits per heavy atom. The molecule has 0 nitrogen and oxygen atoms in total. The molecule has 0 fully saturated rings. The fourth-order valence-corrected chi connectivity index (χ4v) is 3.52. The van der Waals surface area contributed by atoms with Crippen LogP contribution >= 0.6 is 12.6 Å². The first kappa shape index (κ1) is 16.6. The van der Waals surface area contributed by atoms with Gasteiger partial charge in [0.2, 0.25) is 0 Å². The number of thiol groups is 1. The average molecular weight is 308 g/mol. The van der Waals surface area contributed by atoms with Gasteiger partial charge in [-0.2, -0.15) is 0 Å². The lowest BCUT2D eigenvalue weighted by atomic mass is 9.82. The summed E-state index contributed by atoms with van der Waals surface area (Å²) in [6, 6.07) is 0. The van der Waals surface area contributed by atoms with Crippen LogP contribution in [0.1, 0.15) is 55.0 Å². The second-order valence-corrected chi connectivity index (χ2v) is 5.78. The molecule has 0 aromatic heterocycles. The van der Waals surface area contributed by atoms with E-state index in [0.29, 0.717) is 0 Å². The second-order valence-electron chi connectivity index (χ2n) is 5.33. The molecule has 1 heteroatoms. The summed E-state index contributed by atoms with van der Waals surface area (Å²) in [6.45, 7) is 10.2. The van der Waals surface area contributed by atoms with E-state index in [0.717, 1.165) is 23.3 Å². The van der Waals surface area contributed by atoms with Crippen LogP contribution in [0, 0.1) is 0 Å². The summed E-state index contributed by atoms with van der Waals surface area (Å²) in [4.78, 5) is 1.04. The summed E-state index contributed by atoms with van der Waals surface area (Å²) < 4.78 is 0. The van der Waals surface area contributed by atoms with Gasteiger partial charge in [-0.1, -0.05) is 55.2 Å². The number of benzene rings is 1. The molecular formula is C21H24S. The number of hydrogen-bond donors (Lipinski definition) is 1. The zero-order valence-electron chi connectivity index (χ0n) is 13.7. The molecule has 2 rings (SSSR count). The smallest absolute Gasteiger partial charge is 0.0194 e. The zero-order chi connectivity index (χ0) is 16.1. The molecule has 0 N–H and O–H groups in total. The van der Waals surface area contributed by atoms with Crippen LogP contribution in [0.3, 0.4) is 0 Å². The Hall–Kier alpha value is -1.73. The van der Waals surface area contributed by atoms with Gasteiger partial charge in [-0.3, -0.25) is 0 Å². The van der Waals surface area contributed by atoms with E-state index in [-0.39, 0.29) is 0 Å². The van der Waals surface area contributed by atoms with Gasteiger partial charge in [-0.15, -0.1) is 12.6 Å². The number of allylic oxidation sites excluding steroid dienone is 6. The van der Waals surface area contributed by atoms with E-state index in [1.807, 2.05) is 6.08 Å². The highest BCUT2D eigenvalue weighted by Crippen LogP contribution is 2.39. The zero-order valence-corrected chi connectivity index (χ0v) is 14.6. The SMILES string of the molecule is C=Cc1c(S)c2c(c(C(/C=C\C)=C/C)c1/C=C\C)CCC=C2. The van der Waals surface area contributed by atoms with Crippen LogP contribution < -0.4 is 0 Å². The van der Waals surface area contributed by atoms with Gasteiger partial charge in [0, 0.05) is 4.90 Å². The predicted molar refractivity (Wildman–Crippen MR) is 104 cm³/mol. The quantitative estimate of drug-likeness (QED) is 0.470. The van der Waals surface area contributed by atoms with Gasteiger partial charge < -0.3 is 0 Å². The van der Waals surface area contributed by atoms with E-state index < -0.39 is 0 Å². The molecule has 1 aliphatic carbocycles. The molecule has 1 aromatic rings. The van der Waals surface area contributed by atoms with Gasteiger partial charge >= 0.3 is 0 Å². The summed E-state index contributed by atoms with van der Waals surface area (Å²) in [5.41, 5.74) is 7.58. The fraction of sp³-hybridized carbons (Fsp3) is 0.238. The van der Waals surface area contributed by atoms with Crippen LogP contribution in [0.25, 0.3) is 23.8 Å². The summed E-state index contributed by atoms with van der Waals surface area (Å²) >= 11 is 4.79. The van der Waals surface area contributed by atoms with E-state index in [4.69, 9.17) is 12.6 Å². The van der Waals surface area contributed by atoms with Gasteiger partial charge in [0.15, 0.2) is 0 Å². The van der Waals surface area contributed by atoms with E-state index in [1.54, 1.807) is 0 Å². The first-order valence-corrected chi connectivity index (χ1v) is 8.27. The number of hydrogen-bond acceptors (Lipinski definition) is 1. The molecule has 114 valence electrons. The summed E-state index contributed by atoms with van der Waals surface area (Å²) in [6.07, 6.45) is 19.3. The first-order chi connectivity index (χ1) is 10.7. The molecule has 0 bridgehead atoms. The Balaban J connectivity index is 2.95. The van der Waals surface area contributed by atoms with Crippen LogP contribution in [-0.2, 0) is 6.42 Å². The lowest BCUT2D eigenvalue weighted by Gasteiger charge is -2.24. The van der Waals surface area contributed by atoms with Gasteiger partial charge in [-0.05, 0) is 67.0 Å². The molecule has 0 heterocycles. The minimum Gasteiger partial charge on any atom is -0.142 e. The van der Waals surface area contributed by atoms with Crippen molar-refractivity contribution in [1.82, 2.24) is 0 Å². The maximum absolute atomic E-state index is 4.79. The molecule has 0 spiro atoms. The van der Waals surface area contributed by atoms with Crippen molar-refractivity contribution in [3.8, 4) is 0 Å². The van der Waals surface area contributed by atoms with Crippen molar-refractivity contribution in [2.24, 2.45) is 0 Å². The molecule has 0 amide bonds. The van der Waals surface area contributed by atoms with E-state index in [2.05, 4.69) is 69.9 Å². The summed E-state index contributed by atoms with van der Waals surface area (Å²) in [5.74, 6) is 0. The molecule has 1 aromatic carbocycles. The average Bonchev–Trinajstić information content (AvgIpc) is 2.54. The Morgan fingerprint density at radius 3 is 2.55 bits per heavy atom. The van der Waals surface area contributed by atoms with Crippen molar-refractivity contribution >= 4 is 36.4 Å². The highest BCUT2D eigenvalue weighted by molar-refractivity contribution is 7.80. The Labute approximate surface area is 140 Å². The number of rotatable bonds is 4. The van der Waals surface area contributed by atoms with Gasteiger partial charge in [0.25, 0.3) is 0 Å². The molecule has 1 aliphatic rings. The lowest BCUT2D eigenvalue weighted by molar-refractivity contribution is 0.967. The van der Waals surface area contributed by atoms with E-state index >= 15 is 0 Å². The molecule has 0 radical (unpaired) electrons. The van der Waals surface area contributed by atoms with Gasteiger partial charge in [-0.25, -0.2) is 0 Å². The van der Waals surface area contributed by atoms with E-state index in [9.17, 15) is 0 Å². The van der Waals surface area contributed by atoms with Crippen molar-refractivity contribution in [3.63, 3.8) is 0 Å². The Kier molecular flexibility index (Phi) is 5.68. The topological polar surface area (TPSA) is 0 Å². The normalized spacial score (nSPS) is 14.8. The third-order valence-corrected chi connectivity index (χ3v) is 4.51. The number of fused-ring (bicyclic) bond motifs is 1. The third-order valence-electron chi connectivity index (χ3n) is 4.03. The lowest BCUT2D eigenvalue weighted by Crippen LogP contribution is -2.06. The van der Waals surface area contributed by atoms with Crippen molar-refractivity contribution in [3.05, 3.63) is 64.8 Å². The molecular weight excluding hydrogens is 284 g/mol. The molecule has 0 unspecified atom stereocenters. The van der Waals surface area contributed by atoms with Crippen molar-refractivity contribution < 1.29 is 0 Å². The molecule has 0 saturated carbocycles. The van der Waals surface area contributed by atoms with Crippen LogP contribution in [0.5, 0.6) is 0 Å². The third kappa shape index (κ3) is 2.91. The van der Waals surface area contributed by atoms with Crippen LogP contribution in [-0.4, -0.2) is 0 Å². The molecule has 0 saturated heterocycles. The minimum absolute atomic E-state index is 1.04. The van der Waals surface area contributed by atoms with Crippen LogP contribution in [0.2, 0.25) is 0 Å². The largest absolute Gasteiger partial charge is 0.142 e. The van der Waals surface area contributed by atoms with Gasteiger partial charge in [0.1, 0.15) is 0 Å². The summed E-state index contributed by atoms with van der Waals surface area (Å²) in [5, 5.41) is 0. The van der Waals surface area contributed by atoms with Crippen molar-refractivity contribution in [2.75, 3.05) is 0 Å². The maximum atomic E-state index is 4.79. The maximum Gasteiger partial charge on any atom is 0.0194 e. The molecule has 0 atom stereocenters. The standard InChI is InChI=1S/C21H24S/c1-5-11-15(7-3)20-17(12-6-2)16(8-4)21(22)19-14-10-9-13-18(19)20/h5-8,10-12,14,22H,4,9,13H2,1-3H3/b11-5-,12-6-,15-7+. The first-order valence-electron chi connectivity index (χ1n) is 7.82. The Bertz CT molecular complexity index is 697. The van der Waals surface area contributed by atoms with E-state index in [1.165, 1.54) is 27.8 Å². The predicted octanol–water partition coefficient (Wildman–Crippen LogP) is 6.59. The highest BCUT2D eigenvalue weighted by atomic mass is 32.1. The van der Waals surface area contributed by atoms with Crippen molar-refractivity contribution in [1.29, 1.82) is 0 Å². The fourth-order valence-electron chi connectivity index (χ4n) is 3.10. The Morgan fingerprint density at radius 2 is 1.95 bits per heavy atom. The molecule has 22 heavy (non-hydrogen) atoms. The van der Waals surface area contributed by atoms with Crippen molar-refractivity contribution in [2.45, 2.75) is 38.5 Å². The monoisotopic (exact) mass is 308 g/mol. The van der Waals surface area contributed by atoms with Crippen LogP contribution in [0.4, 0.5) is 0 Å². The highest BCUT2D eigenvalue weighted by Gasteiger charge is 2.20.